The van der Waals surface area contributed by atoms with E-state index in [2.05, 4.69) is 5.32 Å². The molecule has 0 fully saturated rings. The number of carbonyl (C=O) groups is 2. The molecule has 2 amide bonds. The molecule has 1 heterocycles. The Hall–Kier alpha value is -1.85. The lowest BCUT2D eigenvalue weighted by Crippen LogP contribution is -2.33. The third kappa shape index (κ3) is 3.81. The molecule has 1 aromatic heterocycles. The molecule has 0 saturated carbocycles. The van der Waals surface area contributed by atoms with E-state index in [-0.39, 0.29) is 6.61 Å². The SMILES string of the molecule is O=C(COc1ccccc1Cl)NC(=O)c1cccs1. The number of rotatable bonds is 4. The highest BCUT2D eigenvalue weighted by atomic mass is 35.5. The van der Waals surface area contributed by atoms with Gasteiger partial charge < -0.3 is 4.74 Å². The Morgan fingerprint density at radius 3 is 2.68 bits per heavy atom. The van der Waals surface area contributed by atoms with Gasteiger partial charge >= 0.3 is 0 Å². The number of para-hydroxylation sites is 1. The van der Waals surface area contributed by atoms with Crippen LogP contribution in [0.4, 0.5) is 0 Å². The number of hydrogen-bond donors (Lipinski definition) is 1. The standard InChI is InChI=1S/C13H10ClNO3S/c14-9-4-1-2-5-10(9)18-8-12(16)15-13(17)11-6-3-7-19-11/h1-7H,8H2,(H,15,16,17). The van der Waals surface area contributed by atoms with Gasteiger partial charge in [0.2, 0.25) is 0 Å². The van der Waals surface area contributed by atoms with E-state index < -0.39 is 11.8 Å². The Balaban J connectivity index is 1.85. The number of imide groups is 1. The number of amides is 2. The van der Waals surface area contributed by atoms with Crippen LogP contribution in [0, 0.1) is 0 Å². The maximum Gasteiger partial charge on any atom is 0.268 e. The van der Waals surface area contributed by atoms with Gasteiger partial charge in [0.05, 0.1) is 9.90 Å². The number of ether oxygens (including phenoxy) is 1. The summed E-state index contributed by atoms with van der Waals surface area (Å²) in [5, 5.41) is 4.42. The maximum absolute atomic E-state index is 11.6. The van der Waals surface area contributed by atoms with Crippen LogP contribution in [0.1, 0.15) is 9.67 Å². The Labute approximate surface area is 119 Å². The monoisotopic (exact) mass is 295 g/mol. The summed E-state index contributed by atoms with van der Waals surface area (Å²) in [6.45, 7) is -0.263. The fraction of sp³-hybridized carbons (Fsp3) is 0.0769. The summed E-state index contributed by atoms with van der Waals surface area (Å²) in [4.78, 5) is 23.6. The highest BCUT2D eigenvalue weighted by Crippen LogP contribution is 2.22. The second-order valence-corrected chi connectivity index (χ2v) is 4.93. The summed E-state index contributed by atoms with van der Waals surface area (Å²) in [7, 11) is 0. The molecule has 2 aromatic rings. The van der Waals surface area contributed by atoms with Crippen LogP contribution in [-0.2, 0) is 4.79 Å². The van der Waals surface area contributed by atoms with Crippen molar-refractivity contribution in [3.8, 4) is 5.75 Å². The molecule has 0 radical (unpaired) electrons. The molecule has 0 saturated heterocycles. The van der Waals surface area contributed by atoms with Gasteiger partial charge in [0, 0.05) is 0 Å². The molecule has 98 valence electrons. The lowest BCUT2D eigenvalue weighted by molar-refractivity contribution is -0.122. The van der Waals surface area contributed by atoms with Crippen LogP contribution >= 0.6 is 22.9 Å². The summed E-state index contributed by atoms with van der Waals surface area (Å²) in [6, 6.07) is 10.2. The van der Waals surface area contributed by atoms with Crippen LogP contribution in [0.25, 0.3) is 0 Å². The highest BCUT2D eigenvalue weighted by Gasteiger charge is 2.12. The molecule has 0 unspecified atom stereocenters. The summed E-state index contributed by atoms with van der Waals surface area (Å²) in [5.74, 6) is -0.538. The van der Waals surface area contributed by atoms with Crippen molar-refractivity contribution in [2.45, 2.75) is 0 Å². The van der Waals surface area contributed by atoms with E-state index in [1.165, 1.54) is 11.3 Å². The molecule has 0 atom stereocenters. The third-order valence-corrected chi connectivity index (χ3v) is 3.37. The molecule has 0 aliphatic heterocycles. The summed E-state index contributed by atoms with van der Waals surface area (Å²) in [6.07, 6.45) is 0. The van der Waals surface area contributed by atoms with Gasteiger partial charge in [-0.2, -0.15) is 0 Å². The van der Waals surface area contributed by atoms with Crippen molar-refractivity contribution < 1.29 is 14.3 Å². The molecule has 1 aromatic carbocycles. The zero-order valence-corrected chi connectivity index (χ0v) is 11.3. The zero-order valence-electron chi connectivity index (χ0n) is 9.76. The number of nitrogens with one attached hydrogen (secondary N) is 1. The third-order valence-electron chi connectivity index (χ3n) is 2.19. The number of halogens is 1. The van der Waals surface area contributed by atoms with Gasteiger partial charge in [-0.25, -0.2) is 0 Å². The van der Waals surface area contributed by atoms with Crippen LogP contribution in [-0.4, -0.2) is 18.4 Å². The molecule has 0 aliphatic carbocycles. The minimum atomic E-state index is -0.515. The maximum atomic E-state index is 11.6. The van der Waals surface area contributed by atoms with Gasteiger partial charge in [0.1, 0.15) is 5.75 Å². The molecule has 0 aliphatic rings. The van der Waals surface area contributed by atoms with Crippen LogP contribution in [0.5, 0.6) is 5.75 Å². The normalized spacial score (nSPS) is 9.95. The second kappa shape index (κ2) is 6.36. The fourth-order valence-electron chi connectivity index (χ4n) is 1.34. The Morgan fingerprint density at radius 2 is 2.00 bits per heavy atom. The van der Waals surface area contributed by atoms with E-state index in [4.69, 9.17) is 16.3 Å². The van der Waals surface area contributed by atoms with Gasteiger partial charge in [-0.3, -0.25) is 14.9 Å². The summed E-state index contributed by atoms with van der Waals surface area (Å²) < 4.78 is 5.22. The van der Waals surface area contributed by atoms with E-state index in [0.29, 0.717) is 15.6 Å². The lowest BCUT2D eigenvalue weighted by Gasteiger charge is -2.07. The van der Waals surface area contributed by atoms with Gasteiger partial charge in [-0.05, 0) is 23.6 Å². The van der Waals surface area contributed by atoms with E-state index in [0.717, 1.165) is 0 Å². The van der Waals surface area contributed by atoms with Crippen molar-refractivity contribution in [2.75, 3.05) is 6.61 Å². The number of benzene rings is 1. The van der Waals surface area contributed by atoms with Crippen molar-refractivity contribution >= 4 is 34.8 Å². The minimum Gasteiger partial charge on any atom is -0.482 e. The molecule has 0 spiro atoms. The lowest BCUT2D eigenvalue weighted by atomic mass is 10.3. The molecule has 2 rings (SSSR count). The van der Waals surface area contributed by atoms with Gasteiger partial charge in [0.15, 0.2) is 6.61 Å². The van der Waals surface area contributed by atoms with Crippen molar-refractivity contribution in [1.82, 2.24) is 5.32 Å². The van der Waals surface area contributed by atoms with Gasteiger partial charge in [-0.1, -0.05) is 29.8 Å². The summed E-state index contributed by atoms with van der Waals surface area (Å²) in [5.41, 5.74) is 0. The van der Waals surface area contributed by atoms with Crippen LogP contribution in [0.3, 0.4) is 0 Å². The number of hydrogen-bond acceptors (Lipinski definition) is 4. The van der Waals surface area contributed by atoms with E-state index >= 15 is 0 Å². The average Bonchev–Trinajstić information content (AvgIpc) is 2.91. The molecular formula is C13H10ClNO3S. The van der Waals surface area contributed by atoms with E-state index in [1.54, 1.807) is 41.8 Å². The second-order valence-electron chi connectivity index (χ2n) is 3.57. The van der Waals surface area contributed by atoms with Crippen LogP contribution in [0.2, 0.25) is 5.02 Å². The average molecular weight is 296 g/mol. The van der Waals surface area contributed by atoms with Gasteiger partial charge in [-0.15, -0.1) is 11.3 Å². The zero-order chi connectivity index (χ0) is 13.7. The molecule has 19 heavy (non-hydrogen) atoms. The topological polar surface area (TPSA) is 55.4 Å². The van der Waals surface area contributed by atoms with Crippen molar-refractivity contribution in [2.24, 2.45) is 0 Å². The van der Waals surface area contributed by atoms with E-state index in [1.807, 2.05) is 0 Å². The van der Waals surface area contributed by atoms with E-state index in [9.17, 15) is 9.59 Å². The first-order chi connectivity index (χ1) is 9.16. The van der Waals surface area contributed by atoms with Crippen molar-refractivity contribution in [3.05, 3.63) is 51.7 Å². The molecular weight excluding hydrogens is 286 g/mol. The quantitative estimate of drug-likeness (QED) is 0.943. The first-order valence-corrected chi connectivity index (χ1v) is 6.67. The highest BCUT2D eigenvalue weighted by molar-refractivity contribution is 7.12. The van der Waals surface area contributed by atoms with Crippen molar-refractivity contribution in [3.63, 3.8) is 0 Å². The first-order valence-electron chi connectivity index (χ1n) is 5.42. The van der Waals surface area contributed by atoms with Crippen LogP contribution < -0.4 is 10.1 Å². The summed E-state index contributed by atoms with van der Waals surface area (Å²) >= 11 is 7.14. The number of thiophene rings is 1. The molecule has 6 heteroatoms. The Morgan fingerprint density at radius 1 is 1.21 bits per heavy atom. The molecule has 1 N–H and O–H groups in total. The largest absolute Gasteiger partial charge is 0.482 e. The first kappa shape index (κ1) is 13.6. The van der Waals surface area contributed by atoms with Gasteiger partial charge in [0.25, 0.3) is 11.8 Å². The smallest absolute Gasteiger partial charge is 0.268 e. The fourth-order valence-corrected chi connectivity index (χ4v) is 2.15. The Kier molecular flexibility index (Phi) is 4.54. The number of carbonyl (C=O) groups excluding carboxylic acids is 2. The van der Waals surface area contributed by atoms with Crippen molar-refractivity contribution in [1.29, 1.82) is 0 Å². The molecule has 0 bridgehead atoms. The molecule has 4 nitrogen and oxygen atoms in total. The predicted octanol–water partition coefficient (Wildman–Crippen LogP) is 2.74. The minimum absolute atomic E-state index is 0.263. The predicted molar refractivity (Wildman–Crippen MR) is 73.7 cm³/mol. The Bertz CT molecular complexity index is 583. The van der Waals surface area contributed by atoms with Crippen LogP contribution in [0.15, 0.2) is 41.8 Å².